The van der Waals surface area contributed by atoms with Crippen LogP contribution in [0, 0.1) is 22.0 Å². The Morgan fingerprint density at radius 2 is 2.09 bits per heavy atom. The summed E-state index contributed by atoms with van der Waals surface area (Å²) in [6.45, 7) is 3.09. The van der Waals surface area contributed by atoms with Crippen molar-refractivity contribution >= 4 is 12.1 Å². The number of aromatic nitrogens is 2. The Balaban J connectivity index is 0.00000149. The number of halogens is 1. The third kappa shape index (κ3) is 6.35. The average molecular weight is 331 g/mol. The molecule has 1 unspecified atom stereocenters. The Kier molecular flexibility index (Phi) is 9.02. The van der Waals surface area contributed by atoms with Crippen LogP contribution in [0.15, 0.2) is 6.07 Å². The maximum absolute atomic E-state index is 13.4. The fourth-order valence-electron chi connectivity index (χ4n) is 2.10. The normalized spacial score (nSPS) is 12.3. The summed E-state index contributed by atoms with van der Waals surface area (Å²) in [4.78, 5) is 38.4. The number of hydrogen-bond acceptors (Lipinski definition) is 7. The summed E-state index contributed by atoms with van der Waals surface area (Å²) < 4.78 is 19.3. The maximum Gasteiger partial charge on any atom is 0.373 e. The van der Waals surface area contributed by atoms with Crippen LogP contribution in [0.3, 0.4) is 0 Å². The molecule has 0 fully saturated rings. The Morgan fingerprint density at radius 1 is 1.52 bits per heavy atom. The average Bonchev–Trinajstić information content (AvgIpc) is 2.79. The number of hydrogen-bond donors (Lipinski definition) is 0. The van der Waals surface area contributed by atoms with E-state index in [1.54, 1.807) is 13.8 Å². The molecule has 0 spiro atoms. The van der Waals surface area contributed by atoms with E-state index in [9.17, 15) is 19.3 Å². The molecule has 0 aliphatic carbocycles. The lowest BCUT2D eigenvalue weighted by Crippen LogP contribution is -2.29. The number of carbonyl (C=O) groups excluding carboxylic acids is 3. The molecule has 0 aliphatic heterocycles. The van der Waals surface area contributed by atoms with Crippen molar-refractivity contribution in [2.45, 2.75) is 26.2 Å². The minimum absolute atomic E-state index is 0.192. The molecule has 9 nitrogen and oxygen atoms in total. The smallest absolute Gasteiger partial charge is 0.373 e. The molecule has 0 radical (unpaired) electrons. The van der Waals surface area contributed by atoms with E-state index in [1.807, 2.05) is 0 Å². The fourth-order valence-corrected chi connectivity index (χ4v) is 2.10. The molecule has 1 aromatic rings. The second-order valence-electron chi connectivity index (χ2n) is 4.49. The first-order chi connectivity index (χ1) is 10.8. The molecular weight excluding hydrogens is 313 g/mol. The van der Waals surface area contributed by atoms with Gasteiger partial charge >= 0.3 is 12.1 Å². The maximum atomic E-state index is 13.4. The molecule has 1 aromatic heterocycles. The van der Waals surface area contributed by atoms with Gasteiger partial charge in [0.2, 0.25) is 12.5 Å². The lowest BCUT2D eigenvalue weighted by Gasteiger charge is -2.19. The zero-order chi connectivity index (χ0) is 18.0. The zero-order valence-electron chi connectivity index (χ0n) is 13.0. The molecule has 1 heterocycles. The summed E-state index contributed by atoms with van der Waals surface area (Å²) in [5.41, 5.74) is 0.196. The van der Waals surface area contributed by atoms with Crippen LogP contribution >= 0.6 is 0 Å². The van der Waals surface area contributed by atoms with Gasteiger partial charge in [-0.05, 0) is 13.3 Å². The third-order valence-electron chi connectivity index (χ3n) is 3.08. The van der Waals surface area contributed by atoms with Gasteiger partial charge in [0, 0.05) is 18.0 Å². The van der Waals surface area contributed by atoms with Crippen molar-refractivity contribution in [3.8, 4) is 0 Å². The molecule has 0 saturated heterocycles. The van der Waals surface area contributed by atoms with Crippen LogP contribution in [0.5, 0.6) is 0 Å². The lowest BCUT2D eigenvalue weighted by molar-refractivity contribution is -0.484. The molecule has 128 valence electrons. The summed E-state index contributed by atoms with van der Waals surface area (Å²) in [5.74, 6) is -2.64. The molecule has 0 N–H and O–H groups in total. The second kappa shape index (κ2) is 10.2. The van der Waals surface area contributed by atoms with Crippen LogP contribution in [0.4, 0.5) is 4.39 Å². The Bertz CT molecular complexity index is 549. The van der Waals surface area contributed by atoms with Gasteiger partial charge < -0.3 is 4.74 Å². The van der Waals surface area contributed by atoms with Crippen LogP contribution in [0.25, 0.3) is 0 Å². The first kappa shape index (κ1) is 20.4. The summed E-state index contributed by atoms with van der Waals surface area (Å²) in [6.07, 6.45) is 0.607. The Morgan fingerprint density at radius 3 is 2.43 bits per heavy atom. The SMILES string of the molecule is CCOC(=O)C(CC)[C@H](C[N+](=O)[O-])c1cc(F)n(C)n1.O=C=O. The van der Waals surface area contributed by atoms with Gasteiger partial charge in [0.25, 0.3) is 0 Å². The van der Waals surface area contributed by atoms with E-state index in [4.69, 9.17) is 14.3 Å². The molecule has 1 rings (SSSR count). The molecule has 0 amide bonds. The van der Waals surface area contributed by atoms with Crippen molar-refractivity contribution in [2.24, 2.45) is 13.0 Å². The van der Waals surface area contributed by atoms with Crippen LogP contribution in [0.2, 0.25) is 0 Å². The van der Waals surface area contributed by atoms with Gasteiger partial charge in [-0.25, -0.2) is 4.68 Å². The van der Waals surface area contributed by atoms with Gasteiger partial charge in [0.1, 0.15) is 0 Å². The summed E-state index contributed by atoms with van der Waals surface area (Å²) in [5, 5.41) is 14.7. The number of esters is 1. The molecule has 0 bridgehead atoms. The van der Waals surface area contributed by atoms with E-state index in [1.165, 1.54) is 7.05 Å². The monoisotopic (exact) mass is 331 g/mol. The topological polar surface area (TPSA) is 121 Å². The molecule has 0 aliphatic rings. The molecule has 0 saturated carbocycles. The van der Waals surface area contributed by atoms with E-state index >= 15 is 0 Å². The van der Waals surface area contributed by atoms with Crippen molar-refractivity contribution < 1.29 is 28.4 Å². The highest BCUT2D eigenvalue weighted by molar-refractivity contribution is 5.73. The Hall–Kier alpha value is -2.61. The van der Waals surface area contributed by atoms with Gasteiger partial charge in [0.15, 0.2) is 0 Å². The number of rotatable bonds is 7. The first-order valence-electron chi connectivity index (χ1n) is 6.79. The van der Waals surface area contributed by atoms with E-state index < -0.39 is 35.2 Å². The first-order valence-corrected chi connectivity index (χ1v) is 6.79. The van der Waals surface area contributed by atoms with Gasteiger partial charge in [0.05, 0.1) is 24.1 Å². The minimum atomic E-state index is -0.801. The highest BCUT2D eigenvalue weighted by atomic mass is 19.1. The summed E-state index contributed by atoms with van der Waals surface area (Å²) in [6, 6.07) is 1.12. The standard InChI is InChI=1S/C12H18FN3O4.CO2/c1-4-8(12(17)20-5-2)9(7-16(18)19)10-6-11(13)15(3)14-10;2-1-3/h6,8-9H,4-5,7H2,1-3H3;/t8?,9-;/m0./s1. The quantitative estimate of drug-likeness (QED) is 0.414. The molecule has 2 atom stereocenters. The van der Waals surface area contributed by atoms with E-state index in [0.29, 0.717) is 6.42 Å². The molecule has 10 heteroatoms. The van der Waals surface area contributed by atoms with Crippen LogP contribution in [-0.4, -0.2) is 40.0 Å². The third-order valence-corrected chi connectivity index (χ3v) is 3.08. The van der Waals surface area contributed by atoms with Crippen LogP contribution in [0.1, 0.15) is 31.9 Å². The predicted octanol–water partition coefficient (Wildman–Crippen LogP) is 0.925. The minimum Gasteiger partial charge on any atom is -0.466 e. The van der Waals surface area contributed by atoms with Crippen molar-refractivity contribution in [2.75, 3.05) is 13.2 Å². The molecule has 0 aromatic carbocycles. The second-order valence-corrected chi connectivity index (χ2v) is 4.49. The zero-order valence-corrected chi connectivity index (χ0v) is 13.0. The summed E-state index contributed by atoms with van der Waals surface area (Å²) >= 11 is 0. The fraction of sp³-hybridized carbons (Fsp3) is 0.615. The highest BCUT2D eigenvalue weighted by Crippen LogP contribution is 2.28. The number of nitro groups is 1. The van der Waals surface area contributed by atoms with Gasteiger partial charge in [-0.2, -0.15) is 19.1 Å². The molecular formula is C13H18FN3O6. The van der Waals surface area contributed by atoms with Gasteiger partial charge in [-0.15, -0.1) is 0 Å². The number of ether oxygens (including phenoxy) is 1. The number of aryl methyl sites for hydroxylation is 1. The number of carbonyl (C=O) groups is 1. The predicted molar refractivity (Wildman–Crippen MR) is 73.2 cm³/mol. The largest absolute Gasteiger partial charge is 0.466 e. The highest BCUT2D eigenvalue weighted by Gasteiger charge is 2.35. The van der Waals surface area contributed by atoms with Crippen molar-refractivity contribution in [3.63, 3.8) is 0 Å². The number of nitrogens with zero attached hydrogens (tertiary/aromatic N) is 3. The van der Waals surface area contributed by atoms with Crippen molar-refractivity contribution in [3.05, 3.63) is 27.8 Å². The lowest BCUT2D eigenvalue weighted by atomic mass is 9.87. The van der Waals surface area contributed by atoms with Crippen molar-refractivity contribution in [1.82, 2.24) is 9.78 Å². The van der Waals surface area contributed by atoms with E-state index in [2.05, 4.69) is 5.10 Å². The van der Waals surface area contributed by atoms with Crippen molar-refractivity contribution in [1.29, 1.82) is 0 Å². The van der Waals surface area contributed by atoms with Crippen LogP contribution < -0.4 is 0 Å². The van der Waals surface area contributed by atoms with Crippen LogP contribution in [-0.2, 0) is 26.2 Å². The van der Waals surface area contributed by atoms with E-state index in [-0.39, 0.29) is 18.5 Å². The summed E-state index contributed by atoms with van der Waals surface area (Å²) in [7, 11) is 1.40. The Labute approximate surface area is 131 Å². The van der Waals surface area contributed by atoms with Gasteiger partial charge in [-0.1, -0.05) is 6.92 Å². The van der Waals surface area contributed by atoms with Gasteiger partial charge in [-0.3, -0.25) is 14.9 Å². The van der Waals surface area contributed by atoms with E-state index in [0.717, 1.165) is 10.7 Å². The molecule has 23 heavy (non-hydrogen) atoms.